The number of nitro benzene ring substituents is 1. The van der Waals surface area contributed by atoms with Gasteiger partial charge >= 0.3 is 41.9 Å². The van der Waals surface area contributed by atoms with Crippen molar-refractivity contribution in [3.05, 3.63) is 63.7 Å². The maximum absolute atomic E-state index is 14.7. The molecule has 2 aromatic rings. The first kappa shape index (κ1) is 39.7. The van der Waals surface area contributed by atoms with E-state index in [-0.39, 0.29) is 29.2 Å². The number of halogens is 11. The van der Waals surface area contributed by atoms with Gasteiger partial charge in [0.05, 0.1) is 18.0 Å². The van der Waals surface area contributed by atoms with Crippen molar-refractivity contribution in [3.63, 3.8) is 0 Å². The second-order valence-corrected chi connectivity index (χ2v) is 10.0. The Kier molecular flexibility index (Phi) is 12.2. The minimum atomic E-state index is -7.71. The Morgan fingerprint density at radius 1 is 0.938 bits per heavy atom. The van der Waals surface area contributed by atoms with E-state index < -0.39 is 84.0 Å². The summed E-state index contributed by atoms with van der Waals surface area (Å²) in [6.07, 6.45) is -8.70. The van der Waals surface area contributed by atoms with Crippen LogP contribution in [0.1, 0.15) is 18.1 Å². The molecule has 2 rings (SSSR count). The molecular weight excluding hydrogens is 687 g/mol. The summed E-state index contributed by atoms with van der Waals surface area (Å²) in [5, 5.41) is 22.2. The number of carbonyl (C=O) groups excluding carboxylic acids is 1. The highest BCUT2D eigenvalue weighted by atomic mass is 19.4. The molecule has 2 aromatic carbocycles. The number of hydrogen-bond acceptors (Lipinski definition) is 6. The minimum absolute atomic E-state index is 0.0460. The van der Waals surface area contributed by atoms with Crippen LogP contribution >= 0.6 is 0 Å². The highest BCUT2D eigenvalue weighted by Crippen LogP contribution is 2.57. The summed E-state index contributed by atoms with van der Waals surface area (Å²) >= 11 is 0. The first-order chi connectivity index (χ1) is 21.9. The molecule has 0 spiro atoms. The summed E-state index contributed by atoms with van der Waals surface area (Å²) in [5.41, 5.74) is -0.665. The third-order valence-corrected chi connectivity index (χ3v) is 6.56. The van der Waals surface area contributed by atoms with Crippen LogP contribution < -0.4 is 10.1 Å². The summed E-state index contributed by atoms with van der Waals surface area (Å²) in [5.74, 6) is -30.5. The van der Waals surface area contributed by atoms with Gasteiger partial charge in [-0.05, 0) is 37.6 Å². The molecule has 268 valence electrons. The van der Waals surface area contributed by atoms with Gasteiger partial charge in [0, 0.05) is 30.3 Å². The zero-order valence-corrected chi connectivity index (χ0v) is 24.6. The molecule has 0 radical (unpaired) electrons. The van der Waals surface area contributed by atoms with E-state index in [1.807, 2.05) is 0 Å². The summed E-state index contributed by atoms with van der Waals surface area (Å²) in [4.78, 5) is 34.0. The van der Waals surface area contributed by atoms with Gasteiger partial charge in [-0.15, -0.1) is 0 Å². The molecule has 0 aliphatic heterocycles. The maximum Gasteiger partial charge on any atom is 0.460 e. The van der Waals surface area contributed by atoms with Gasteiger partial charge in [0.1, 0.15) is 12.4 Å². The first-order valence-electron chi connectivity index (χ1n) is 13.3. The molecule has 1 atom stereocenters. The lowest BCUT2D eigenvalue weighted by Gasteiger charge is -2.38. The number of amides is 2. The molecule has 0 aromatic heterocycles. The molecule has 0 saturated heterocycles. The fraction of sp³-hybridized carbons (Fsp3) is 0.481. The highest BCUT2D eigenvalue weighted by molar-refractivity contribution is 5.90. The van der Waals surface area contributed by atoms with Crippen LogP contribution in [0.4, 0.5) is 64.5 Å². The summed E-state index contributed by atoms with van der Waals surface area (Å²) in [7, 11) is 0. The molecule has 2 amide bonds. The van der Waals surface area contributed by atoms with Gasteiger partial charge in [-0.1, -0.05) is 18.2 Å². The number of anilines is 1. The zero-order chi connectivity index (χ0) is 36.9. The lowest BCUT2D eigenvalue weighted by atomic mass is 9.97. The van der Waals surface area contributed by atoms with Crippen LogP contribution in [0.5, 0.6) is 5.75 Å². The Hall–Kier alpha value is -4.43. The van der Waals surface area contributed by atoms with Crippen molar-refractivity contribution in [2.24, 2.45) is 0 Å². The van der Waals surface area contributed by atoms with E-state index in [9.17, 15) is 73.1 Å². The molecule has 1 unspecified atom stereocenters. The van der Waals surface area contributed by atoms with E-state index in [0.717, 1.165) is 12.1 Å². The van der Waals surface area contributed by atoms with Crippen LogP contribution in [0, 0.1) is 17.0 Å². The largest absolute Gasteiger partial charge is 0.492 e. The molecule has 0 aliphatic carbocycles. The number of aliphatic carboxylic acids is 1. The Morgan fingerprint density at radius 3 is 2.02 bits per heavy atom. The lowest BCUT2D eigenvalue weighted by Crippen LogP contribution is -2.68. The van der Waals surface area contributed by atoms with Crippen LogP contribution in [0.15, 0.2) is 42.5 Å². The Morgan fingerprint density at radius 2 is 1.52 bits per heavy atom. The van der Waals surface area contributed by atoms with E-state index in [1.54, 1.807) is 12.2 Å². The SMILES string of the molecule is CCOC(Cc1ccc(OCCN(CC(F)(F)C(F)(F)C(F)(F)C(F)(F)C(F)(F)F)C(=O)Nc2ccc(C)c([N+](=O)[O-])c2)cc1)C(=O)O. The van der Waals surface area contributed by atoms with Gasteiger partial charge in [0.2, 0.25) is 0 Å². The fourth-order valence-electron chi connectivity index (χ4n) is 3.91. The molecule has 0 bridgehead atoms. The van der Waals surface area contributed by atoms with E-state index in [0.29, 0.717) is 11.6 Å². The number of rotatable bonds is 16. The van der Waals surface area contributed by atoms with Crippen LogP contribution in [0.25, 0.3) is 0 Å². The molecule has 10 nitrogen and oxygen atoms in total. The highest BCUT2D eigenvalue weighted by Gasteiger charge is 2.87. The van der Waals surface area contributed by atoms with Gasteiger partial charge in [0.25, 0.3) is 5.69 Å². The Balaban J connectivity index is 2.35. The number of nitrogens with zero attached hydrogens (tertiary/aromatic N) is 2. The normalized spacial score (nSPS) is 13.5. The summed E-state index contributed by atoms with van der Waals surface area (Å²) in [6, 6.07) is 6.05. The Bertz CT molecular complexity index is 1460. The average molecular weight is 713 g/mol. The van der Waals surface area contributed by atoms with Gasteiger partial charge in [-0.2, -0.15) is 48.3 Å². The van der Waals surface area contributed by atoms with E-state index in [4.69, 9.17) is 9.47 Å². The van der Waals surface area contributed by atoms with Gasteiger partial charge in [-0.3, -0.25) is 10.1 Å². The molecule has 2 N–H and O–H groups in total. The molecule has 0 heterocycles. The van der Waals surface area contributed by atoms with Crippen molar-refractivity contribution in [1.29, 1.82) is 0 Å². The number of carboxylic acids is 1. The van der Waals surface area contributed by atoms with Gasteiger partial charge in [0.15, 0.2) is 6.10 Å². The zero-order valence-electron chi connectivity index (χ0n) is 24.6. The number of aryl methyl sites for hydroxylation is 1. The number of nitrogens with one attached hydrogen (secondary N) is 1. The van der Waals surface area contributed by atoms with E-state index in [1.165, 1.54) is 31.2 Å². The van der Waals surface area contributed by atoms with Gasteiger partial charge < -0.3 is 24.8 Å². The average Bonchev–Trinajstić information content (AvgIpc) is 2.97. The molecular formula is C27H26F11N3O7. The summed E-state index contributed by atoms with van der Waals surface area (Å²) in [6.45, 7) is -2.06. The second kappa shape index (κ2) is 14.8. The van der Waals surface area contributed by atoms with Crippen molar-refractivity contribution in [2.45, 2.75) is 56.2 Å². The van der Waals surface area contributed by atoms with Crippen molar-refractivity contribution in [1.82, 2.24) is 4.90 Å². The van der Waals surface area contributed by atoms with E-state index in [2.05, 4.69) is 0 Å². The number of carbonyl (C=O) groups is 2. The monoisotopic (exact) mass is 713 g/mol. The smallest absolute Gasteiger partial charge is 0.460 e. The number of alkyl halides is 11. The van der Waals surface area contributed by atoms with Crippen LogP contribution in [-0.4, -0.2) is 89.2 Å². The quantitative estimate of drug-likeness (QED) is 0.109. The maximum atomic E-state index is 14.7. The van der Waals surface area contributed by atoms with Gasteiger partial charge in [-0.25, -0.2) is 9.59 Å². The molecule has 21 heteroatoms. The lowest BCUT2D eigenvalue weighted by molar-refractivity contribution is -0.422. The molecule has 0 fully saturated rings. The van der Waals surface area contributed by atoms with Crippen molar-refractivity contribution in [2.75, 3.05) is 31.6 Å². The van der Waals surface area contributed by atoms with Crippen LogP contribution in [0.3, 0.4) is 0 Å². The minimum Gasteiger partial charge on any atom is -0.492 e. The van der Waals surface area contributed by atoms with Crippen molar-refractivity contribution >= 4 is 23.4 Å². The topological polar surface area (TPSA) is 131 Å². The number of ether oxygens (including phenoxy) is 2. The number of benzene rings is 2. The van der Waals surface area contributed by atoms with Crippen LogP contribution in [0.2, 0.25) is 0 Å². The van der Waals surface area contributed by atoms with E-state index >= 15 is 0 Å². The molecule has 48 heavy (non-hydrogen) atoms. The number of urea groups is 1. The summed E-state index contributed by atoms with van der Waals surface area (Å²) < 4.78 is 160. The number of nitro groups is 1. The van der Waals surface area contributed by atoms with Crippen molar-refractivity contribution < 1.29 is 77.4 Å². The number of carboxylic acid groups (broad SMARTS) is 1. The third kappa shape index (κ3) is 8.72. The number of hydrogen-bond donors (Lipinski definition) is 2. The third-order valence-electron chi connectivity index (χ3n) is 6.56. The second-order valence-electron chi connectivity index (χ2n) is 10.0. The van der Waals surface area contributed by atoms with Crippen molar-refractivity contribution in [3.8, 4) is 5.75 Å². The Labute approximate surface area is 263 Å². The predicted molar refractivity (Wildman–Crippen MR) is 143 cm³/mol. The van der Waals surface area contributed by atoms with Crippen LogP contribution in [-0.2, 0) is 16.0 Å². The first-order valence-corrected chi connectivity index (χ1v) is 13.3. The molecule has 0 saturated carbocycles. The standard InChI is InChI=1S/C27H26F11N3O7/c1-3-47-20(21(42)43)12-16-5-8-18(9-6-16)48-11-10-40(22(44)39-17-7-4-15(2)19(13-17)41(45)46)14-23(28,29)24(30,31)25(32,33)26(34,35)27(36,37)38/h4-9,13,20H,3,10-12,14H2,1-2H3,(H,39,44)(H,42,43). The fourth-order valence-corrected chi connectivity index (χ4v) is 3.91. The predicted octanol–water partition coefficient (Wildman–Crippen LogP) is 6.95. The molecule has 0 aliphatic rings.